The molecular formula is C19H26N2O3. The lowest BCUT2D eigenvalue weighted by atomic mass is 9.85. The van der Waals surface area contributed by atoms with Crippen LogP contribution in [0.4, 0.5) is 4.79 Å². The van der Waals surface area contributed by atoms with E-state index in [1.807, 2.05) is 35.2 Å². The van der Waals surface area contributed by atoms with Crippen molar-refractivity contribution in [3.63, 3.8) is 0 Å². The van der Waals surface area contributed by atoms with E-state index in [9.17, 15) is 9.59 Å². The second-order valence-electron chi connectivity index (χ2n) is 7.36. The second-order valence-corrected chi connectivity index (χ2v) is 7.36. The number of carbonyl (C=O) groups is 2. The number of ether oxygens (including phenoxy) is 1. The standard InChI is InChI=1S/C19H26N2O3/c1-14(2)16(15-7-5-4-6-8-15)17(22)21-11-9-19(10-12-21)13-20(3)18(23)24-19/h4-8,14,16H,9-13H2,1-3H3. The number of hydrogen-bond acceptors (Lipinski definition) is 3. The molecule has 1 aromatic rings. The summed E-state index contributed by atoms with van der Waals surface area (Å²) in [6.45, 7) is 6.11. The highest BCUT2D eigenvalue weighted by molar-refractivity contribution is 5.84. The van der Waals surface area contributed by atoms with E-state index in [1.165, 1.54) is 0 Å². The number of amides is 2. The summed E-state index contributed by atoms with van der Waals surface area (Å²) in [5.41, 5.74) is 0.674. The minimum Gasteiger partial charge on any atom is -0.441 e. The first-order valence-corrected chi connectivity index (χ1v) is 8.70. The first-order valence-electron chi connectivity index (χ1n) is 8.70. The number of hydrogen-bond donors (Lipinski definition) is 0. The molecule has 130 valence electrons. The van der Waals surface area contributed by atoms with Crippen LogP contribution in [0.1, 0.15) is 38.2 Å². The van der Waals surface area contributed by atoms with E-state index in [-0.39, 0.29) is 23.8 Å². The average molecular weight is 330 g/mol. The molecule has 0 aliphatic carbocycles. The Morgan fingerprint density at radius 1 is 1.17 bits per heavy atom. The maximum absolute atomic E-state index is 13.1. The highest BCUT2D eigenvalue weighted by Gasteiger charge is 2.46. The Hall–Kier alpha value is -2.04. The molecule has 0 bridgehead atoms. The summed E-state index contributed by atoms with van der Waals surface area (Å²) in [5, 5.41) is 0. The maximum Gasteiger partial charge on any atom is 0.410 e. The summed E-state index contributed by atoms with van der Waals surface area (Å²) in [6.07, 6.45) is 1.18. The van der Waals surface area contributed by atoms with Gasteiger partial charge in [0.1, 0.15) is 5.60 Å². The van der Waals surface area contributed by atoms with Gasteiger partial charge >= 0.3 is 6.09 Å². The third-order valence-electron chi connectivity index (χ3n) is 5.22. The van der Waals surface area contributed by atoms with Crippen molar-refractivity contribution < 1.29 is 14.3 Å². The Bertz CT molecular complexity index is 606. The summed E-state index contributed by atoms with van der Waals surface area (Å²) in [6, 6.07) is 10.00. The van der Waals surface area contributed by atoms with Gasteiger partial charge in [0.15, 0.2) is 0 Å². The topological polar surface area (TPSA) is 49.9 Å². The minimum atomic E-state index is -0.400. The third kappa shape index (κ3) is 3.12. The molecule has 1 unspecified atom stereocenters. The van der Waals surface area contributed by atoms with E-state index in [0.29, 0.717) is 32.5 Å². The van der Waals surface area contributed by atoms with Crippen LogP contribution in [0.2, 0.25) is 0 Å². The number of rotatable bonds is 3. The van der Waals surface area contributed by atoms with E-state index in [4.69, 9.17) is 4.74 Å². The molecule has 0 N–H and O–H groups in total. The van der Waals surface area contributed by atoms with Crippen molar-refractivity contribution in [3.05, 3.63) is 35.9 Å². The van der Waals surface area contributed by atoms with Crippen LogP contribution in [-0.2, 0) is 9.53 Å². The molecule has 0 saturated carbocycles. The predicted molar refractivity (Wildman–Crippen MR) is 91.7 cm³/mol. The van der Waals surface area contributed by atoms with Crippen LogP contribution in [0.25, 0.3) is 0 Å². The fourth-order valence-electron chi connectivity index (χ4n) is 3.86. The van der Waals surface area contributed by atoms with Crippen LogP contribution >= 0.6 is 0 Å². The second kappa shape index (κ2) is 6.46. The lowest BCUT2D eigenvalue weighted by Crippen LogP contribution is -2.50. The van der Waals surface area contributed by atoms with Crippen LogP contribution in [0, 0.1) is 5.92 Å². The molecule has 5 heteroatoms. The number of nitrogens with zero attached hydrogens (tertiary/aromatic N) is 2. The van der Waals surface area contributed by atoms with Crippen molar-refractivity contribution in [2.75, 3.05) is 26.7 Å². The molecule has 2 saturated heterocycles. The molecule has 2 heterocycles. The van der Waals surface area contributed by atoms with Gasteiger partial charge in [0, 0.05) is 33.0 Å². The molecule has 2 fully saturated rings. The monoisotopic (exact) mass is 330 g/mol. The summed E-state index contributed by atoms with van der Waals surface area (Å²) >= 11 is 0. The largest absolute Gasteiger partial charge is 0.441 e. The minimum absolute atomic E-state index is 0.117. The van der Waals surface area contributed by atoms with E-state index >= 15 is 0 Å². The van der Waals surface area contributed by atoms with Crippen LogP contribution in [0.15, 0.2) is 30.3 Å². The first kappa shape index (κ1) is 16.8. The Balaban J connectivity index is 1.69. The van der Waals surface area contributed by atoms with Gasteiger partial charge in [-0.05, 0) is 11.5 Å². The predicted octanol–water partition coefficient (Wildman–Crippen LogP) is 2.87. The molecule has 2 amide bonds. The fourth-order valence-corrected chi connectivity index (χ4v) is 3.86. The molecular weight excluding hydrogens is 304 g/mol. The zero-order valence-corrected chi connectivity index (χ0v) is 14.7. The smallest absolute Gasteiger partial charge is 0.410 e. The first-order chi connectivity index (χ1) is 11.4. The van der Waals surface area contributed by atoms with Crippen LogP contribution < -0.4 is 0 Å². The van der Waals surface area contributed by atoms with Crippen LogP contribution in [0.5, 0.6) is 0 Å². The molecule has 1 spiro atoms. The molecule has 1 aromatic carbocycles. The van der Waals surface area contributed by atoms with Gasteiger partial charge in [-0.2, -0.15) is 0 Å². The number of benzene rings is 1. The van der Waals surface area contributed by atoms with E-state index < -0.39 is 5.60 Å². The SMILES string of the molecule is CC(C)C(C(=O)N1CCC2(CC1)CN(C)C(=O)O2)c1ccccc1. The Labute approximate surface area is 143 Å². The quantitative estimate of drug-likeness (QED) is 0.856. The van der Waals surface area contributed by atoms with Crippen molar-refractivity contribution in [2.24, 2.45) is 5.92 Å². The van der Waals surface area contributed by atoms with Crippen LogP contribution in [0.3, 0.4) is 0 Å². The van der Waals surface area contributed by atoms with E-state index in [0.717, 1.165) is 5.56 Å². The lowest BCUT2D eigenvalue weighted by Gasteiger charge is -2.39. The third-order valence-corrected chi connectivity index (χ3v) is 5.22. The average Bonchev–Trinajstić information content (AvgIpc) is 2.82. The highest BCUT2D eigenvalue weighted by Crippen LogP contribution is 2.34. The Kier molecular flexibility index (Phi) is 4.52. The number of likely N-dealkylation sites (tertiary alicyclic amines) is 1. The number of piperidine rings is 1. The van der Waals surface area contributed by atoms with E-state index in [2.05, 4.69) is 13.8 Å². The summed E-state index contributed by atoms with van der Waals surface area (Å²) < 4.78 is 5.57. The molecule has 0 radical (unpaired) electrons. The van der Waals surface area contributed by atoms with Crippen molar-refractivity contribution in [1.82, 2.24) is 9.80 Å². The van der Waals surface area contributed by atoms with Gasteiger partial charge in [-0.15, -0.1) is 0 Å². The van der Waals surface area contributed by atoms with Gasteiger partial charge in [-0.1, -0.05) is 44.2 Å². The number of likely N-dealkylation sites (N-methyl/N-ethyl adjacent to an activating group) is 1. The van der Waals surface area contributed by atoms with Gasteiger partial charge < -0.3 is 14.5 Å². The molecule has 24 heavy (non-hydrogen) atoms. The molecule has 1 atom stereocenters. The van der Waals surface area contributed by atoms with Gasteiger partial charge in [-0.3, -0.25) is 4.79 Å². The van der Waals surface area contributed by atoms with Crippen molar-refractivity contribution in [2.45, 2.75) is 38.2 Å². The Morgan fingerprint density at radius 3 is 2.29 bits per heavy atom. The summed E-state index contributed by atoms with van der Waals surface area (Å²) in [5.74, 6) is 0.309. The Morgan fingerprint density at radius 2 is 1.79 bits per heavy atom. The van der Waals surface area contributed by atoms with Gasteiger partial charge in [0.2, 0.25) is 5.91 Å². The number of carbonyl (C=O) groups excluding carboxylic acids is 2. The normalized spacial score (nSPS) is 21.2. The van der Waals surface area contributed by atoms with Gasteiger partial charge in [-0.25, -0.2) is 4.79 Å². The van der Waals surface area contributed by atoms with Crippen molar-refractivity contribution in [3.8, 4) is 0 Å². The lowest BCUT2D eigenvalue weighted by molar-refractivity contribution is -0.137. The van der Waals surface area contributed by atoms with E-state index in [1.54, 1.807) is 11.9 Å². The summed E-state index contributed by atoms with van der Waals surface area (Å²) in [4.78, 5) is 28.3. The van der Waals surface area contributed by atoms with Gasteiger partial charge in [0.25, 0.3) is 0 Å². The highest BCUT2D eigenvalue weighted by atomic mass is 16.6. The van der Waals surface area contributed by atoms with Crippen LogP contribution in [-0.4, -0.2) is 54.1 Å². The summed E-state index contributed by atoms with van der Waals surface area (Å²) in [7, 11) is 1.76. The van der Waals surface area contributed by atoms with Crippen molar-refractivity contribution >= 4 is 12.0 Å². The fraction of sp³-hybridized carbons (Fsp3) is 0.579. The molecule has 3 rings (SSSR count). The zero-order valence-electron chi connectivity index (χ0n) is 14.7. The zero-order chi connectivity index (χ0) is 17.3. The maximum atomic E-state index is 13.1. The molecule has 5 nitrogen and oxygen atoms in total. The van der Waals surface area contributed by atoms with Crippen molar-refractivity contribution in [1.29, 1.82) is 0 Å². The van der Waals surface area contributed by atoms with Gasteiger partial charge in [0.05, 0.1) is 12.5 Å². The molecule has 2 aliphatic heterocycles. The molecule has 2 aliphatic rings. The molecule has 0 aromatic heterocycles.